The third kappa shape index (κ3) is 1.98. The van der Waals surface area contributed by atoms with Gasteiger partial charge in [-0.2, -0.15) is 0 Å². The van der Waals surface area contributed by atoms with E-state index in [4.69, 9.17) is 5.73 Å². The quantitative estimate of drug-likeness (QED) is 0.683. The van der Waals surface area contributed by atoms with E-state index in [0.29, 0.717) is 6.04 Å². The molecule has 3 nitrogen and oxygen atoms in total. The van der Waals surface area contributed by atoms with E-state index in [1.165, 1.54) is 19.3 Å². The normalized spacial score (nSPS) is 37.6. The SMILES string of the molecule is NCC(=O)C1CCC2NCCCC2C1. The lowest BCUT2D eigenvalue weighted by Gasteiger charge is -2.39. The van der Waals surface area contributed by atoms with Gasteiger partial charge in [-0.1, -0.05) is 0 Å². The van der Waals surface area contributed by atoms with Crippen molar-refractivity contribution < 1.29 is 4.79 Å². The van der Waals surface area contributed by atoms with Crippen LogP contribution in [0.3, 0.4) is 0 Å². The van der Waals surface area contributed by atoms with Crippen LogP contribution in [0.2, 0.25) is 0 Å². The van der Waals surface area contributed by atoms with E-state index in [2.05, 4.69) is 5.32 Å². The first kappa shape index (κ1) is 10.1. The first-order valence-electron chi connectivity index (χ1n) is 5.77. The highest BCUT2D eigenvalue weighted by molar-refractivity contribution is 5.82. The van der Waals surface area contributed by atoms with E-state index >= 15 is 0 Å². The molecule has 3 unspecified atom stereocenters. The lowest BCUT2D eigenvalue weighted by atomic mass is 9.73. The predicted octanol–water partition coefficient (Wildman–Crippen LogP) is 0.682. The second kappa shape index (κ2) is 4.41. The number of fused-ring (bicyclic) bond motifs is 1. The van der Waals surface area contributed by atoms with Crippen molar-refractivity contribution in [2.24, 2.45) is 17.6 Å². The van der Waals surface area contributed by atoms with Crippen LogP contribution >= 0.6 is 0 Å². The van der Waals surface area contributed by atoms with Crippen LogP contribution in [0.5, 0.6) is 0 Å². The monoisotopic (exact) mass is 196 g/mol. The molecule has 0 aromatic rings. The Morgan fingerprint density at radius 3 is 3.00 bits per heavy atom. The van der Waals surface area contributed by atoms with Gasteiger partial charge in [0.05, 0.1) is 6.54 Å². The van der Waals surface area contributed by atoms with Crippen molar-refractivity contribution in [2.45, 2.75) is 38.1 Å². The zero-order valence-electron chi connectivity index (χ0n) is 8.67. The van der Waals surface area contributed by atoms with Gasteiger partial charge in [-0.3, -0.25) is 4.79 Å². The smallest absolute Gasteiger partial charge is 0.149 e. The Labute approximate surface area is 85.4 Å². The van der Waals surface area contributed by atoms with E-state index < -0.39 is 0 Å². The molecule has 2 fully saturated rings. The van der Waals surface area contributed by atoms with E-state index in [1.54, 1.807) is 0 Å². The topological polar surface area (TPSA) is 55.1 Å². The lowest BCUT2D eigenvalue weighted by molar-refractivity contribution is -0.123. The first-order chi connectivity index (χ1) is 6.81. The molecule has 14 heavy (non-hydrogen) atoms. The summed E-state index contributed by atoms with van der Waals surface area (Å²) in [5, 5.41) is 3.56. The third-order valence-corrected chi connectivity index (χ3v) is 3.80. The van der Waals surface area contributed by atoms with E-state index in [9.17, 15) is 4.79 Å². The summed E-state index contributed by atoms with van der Waals surface area (Å²) in [4.78, 5) is 11.5. The fourth-order valence-electron chi connectivity index (χ4n) is 2.96. The molecule has 2 rings (SSSR count). The van der Waals surface area contributed by atoms with Gasteiger partial charge in [-0.25, -0.2) is 0 Å². The number of carbonyl (C=O) groups excluding carboxylic acids is 1. The predicted molar refractivity (Wildman–Crippen MR) is 55.9 cm³/mol. The molecule has 1 aliphatic carbocycles. The second-order valence-electron chi connectivity index (χ2n) is 4.64. The average molecular weight is 196 g/mol. The van der Waals surface area contributed by atoms with E-state index in [1.807, 2.05) is 0 Å². The Bertz CT molecular complexity index is 217. The number of carbonyl (C=O) groups is 1. The van der Waals surface area contributed by atoms with Crippen molar-refractivity contribution in [1.29, 1.82) is 0 Å². The molecule has 0 bridgehead atoms. The molecule has 1 aliphatic heterocycles. The first-order valence-corrected chi connectivity index (χ1v) is 5.77. The third-order valence-electron chi connectivity index (χ3n) is 3.80. The summed E-state index contributed by atoms with van der Waals surface area (Å²) in [6.07, 6.45) is 5.86. The number of hydrogen-bond donors (Lipinski definition) is 2. The van der Waals surface area contributed by atoms with Crippen LogP contribution in [-0.2, 0) is 4.79 Å². The molecule has 0 aromatic heterocycles. The molecule has 3 heteroatoms. The van der Waals surface area contributed by atoms with Gasteiger partial charge in [0.25, 0.3) is 0 Å². The highest BCUT2D eigenvalue weighted by atomic mass is 16.1. The van der Waals surface area contributed by atoms with Crippen molar-refractivity contribution in [3.63, 3.8) is 0 Å². The van der Waals surface area contributed by atoms with Crippen molar-refractivity contribution in [3.05, 3.63) is 0 Å². The Morgan fingerprint density at radius 1 is 1.36 bits per heavy atom. The van der Waals surface area contributed by atoms with Crippen LogP contribution in [-0.4, -0.2) is 24.9 Å². The van der Waals surface area contributed by atoms with Gasteiger partial charge in [-0.15, -0.1) is 0 Å². The Balaban J connectivity index is 1.92. The summed E-state index contributed by atoms with van der Waals surface area (Å²) < 4.78 is 0. The van der Waals surface area contributed by atoms with Gasteiger partial charge in [0, 0.05) is 12.0 Å². The van der Waals surface area contributed by atoms with Crippen LogP contribution in [0.25, 0.3) is 0 Å². The molecular formula is C11H20N2O. The number of piperidine rings is 1. The van der Waals surface area contributed by atoms with Crippen molar-refractivity contribution >= 4 is 5.78 Å². The number of nitrogens with one attached hydrogen (secondary N) is 1. The number of Topliss-reactive ketones (excluding diaryl/α,β-unsaturated/α-hetero) is 1. The van der Waals surface area contributed by atoms with Crippen LogP contribution in [0, 0.1) is 11.8 Å². The summed E-state index contributed by atoms with van der Waals surface area (Å²) in [5.41, 5.74) is 5.41. The largest absolute Gasteiger partial charge is 0.324 e. The summed E-state index contributed by atoms with van der Waals surface area (Å²) in [7, 11) is 0. The van der Waals surface area contributed by atoms with Crippen molar-refractivity contribution in [1.82, 2.24) is 5.32 Å². The van der Waals surface area contributed by atoms with Crippen LogP contribution in [0.15, 0.2) is 0 Å². The molecule has 2 aliphatic rings. The minimum atomic E-state index is 0.232. The second-order valence-corrected chi connectivity index (χ2v) is 4.64. The van der Waals surface area contributed by atoms with Crippen molar-refractivity contribution in [2.75, 3.05) is 13.1 Å². The fraction of sp³-hybridized carbons (Fsp3) is 0.909. The maximum atomic E-state index is 11.5. The summed E-state index contributed by atoms with van der Waals surface area (Å²) in [6, 6.07) is 0.686. The van der Waals surface area contributed by atoms with Crippen LogP contribution < -0.4 is 11.1 Å². The molecule has 80 valence electrons. The minimum Gasteiger partial charge on any atom is -0.324 e. The fourth-order valence-corrected chi connectivity index (χ4v) is 2.96. The minimum absolute atomic E-state index is 0.232. The summed E-state index contributed by atoms with van der Waals surface area (Å²) >= 11 is 0. The van der Waals surface area contributed by atoms with Crippen LogP contribution in [0.4, 0.5) is 0 Å². The Morgan fingerprint density at radius 2 is 2.21 bits per heavy atom. The summed E-state index contributed by atoms with van der Waals surface area (Å²) in [5.74, 6) is 1.27. The molecule has 0 spiro atoms. The zero-order valence-corrected chi connectivity index (χ0v) is 8.67. The standard InChI is InChI=1S/C11H20N2O/c12-7-11(14)9-3-4-10-8(6-9)2-1-5-13-10/h8-10,13H,1-7,12H2. The highest BCUT2D eigenvalue weighted by Gasteiger charge is 2.34. The van der Waals surface area contributed by atoms with Gasteiger partial charge in [0.1, 0.15) is 5.78 Å². The molecule has 3 N–H and O–H groups in total. The average Bonchev–Trinajstić information content (AvgIpc) is 2.27. The van der Waals surface area contributed by atoms with Crippen molar-refractivity contribution in [3.8, 4) is 0 Å². The molecule has 1 heterocycles. The van der Waals surface area contributed by atoms with Gasteiger partial charge in [0.2, 0.25) is 0 Å². The van der Waals surface area contributed by atoms with E-state index in [-0.39, 0.29) is 18.2 Å². The molecule has 3 atom stereocenters. The molecule has 1 saturated heterocycles. The number of ketones is 1. The number of nitrogens with two attached hydrogens (primary N) is 1. The maximum absolute atomic E-state index is 11.5. The van der Waals surface area contributed by atoms with Gasteiger partial charge in [-0.05, 0) is 44.6 Å². The van der Waals surface area contributed by atoms with Crippen LogP contribution in [0.1, 0.15) is 32.1 Å². The molecule has 0 radical (unpaired) electrons. The Hall–Kier alpha value is -0.410. The number of hydrogen-bond acceptors (Lipinski definition) is 3. The lowest BCUT2D eigenvalue weighted by Crippen LogP contribution is -2.46. The maximum Gasteiger partial charge on any atom is 0.149 e. The zero-order chi connectivity index (χ0) is 9.97. The van der Waals surface area contributed by atoms with Gasteiger partial charge < -0.3 is 11.1 Å². The van der Waals surface area contributed by atoms with Gasteiger partial charge >= 0.3 is 0 Å². The molecule has 1 saturated carbocycles. The number of rotatable bonds is 2. The highest BCUT2D eigenvalue weighted by Crippen LogP contribution is 2.34. The summed E-state index contributed by atoms with van der Waals surface area (Å²) in [6.45, 7) is 1.39. The van der Waals surface area contributed by atoms with E-state index in [0.717, 1.165) is 25.3 Å². The van der Waals surface area contributed by atoms with Gasteiger partial charge in [0.15, 0.2) is 0 Å². The Kier molecular flexibility index (Phi) is 3.19. The molecule has 0 amide bonds. The molecule has 0 aromatic carbocycles. The molecular weight excluding hydrogens is 176 g/mol.